The van der Waals surface area contributed by atoms with E-state index in [1.54, 1.807) is 45.4 Å². The Labute approximate surface area is 194 Å². The number of hydrogen-bond donors (Lipinski definition) is 0. The molecule has 176 valence electrons. The molecule has 0 saturated heterocycles. The van der Waals surface area contributed by atoms with E-state index in [-0.39, 0.29) is 0 Å². The zero-order valence-corrected chi connectivity index (χ0v) is 24.6. The van der Waals surface area contributed by atoms with Crippen LogP contribution in [0.2, 0.25) is 13.3 Å². The van der Waals surface area contributed by atoms with Gasteiger partial charge in [0.25, 0.3) is 0 Å². The molecule has 0 bridgehead atoms. The van der Waals surface area contributed by atoms with Gasteiger partial charge in [-0.15, -0.1) is 0 Å². The van der Waals surface area contributed by atoms with Gasteiger partial charge in [-0.05, 0) is 0 Å². The predicted octanol–water partition coefficient (Wildman–Crippen LogP) is 10.9. The van der Waals surface area contributed by atoms with Crippen molar-refractivity contribution in [2.75, 3.05) is 0 Å². The van der Waals surface area contributed by atoms with E-state index in [2.05, 4.69) is 20.8 Å². The molecule has 0 unspecified atom stereocenters. The van der Waals surface area contributed by atoms with Crippen LogP contribution in [0.1, 0.15) is 162 Å². The first-order chi connectivity index (χ1) is 14.3. The van der Waals surface area contributed by atoms with Crippen molar-refractivity contribution in [1.82, 2.24) is 0 Å². The first-order valence-corrected chi connectivity index (χ1v) is 21.3. The van der Waals surface area contributed by atoms with Crippen LogP contribution in [0.3, 0.4) is 0 Å². The van der Waals surface area contributed by atoms with Crippen molar-refractivity contribution in [2.45, 2.75) is 175 Å². The maximum atomic E-state index is 2.39. The molecule has 0 aliphatic heterocycles. The van der Waals surface area contributed by atoms with Gasteiger partial charge in [0, 0.05) is 0 Å². The van der Waals surface area contributed by atoms with Crippen LogP contribution in [0.4, 0.5) is 0 Å². The Bertz CT molecular complexity index is 251. The van der Waals surface area contributed by atoms with Crippen molar-refractivity contribution in [3.63, 3.8) is 0 Å². The molecule has 0 rings (SSSR count). The Balaban J connectivity index is 3.52. The van der Waals surface area contributed by atoms with E-state index in [1.165, 1.54) is 109 Å². The Morgan fingerprint density at radius 2 is 0.517 bits per heavy atom. The monoisotopic (exact) mass is 516 g/mol. The van der Waals surface area contributed by atoms with Crippen LogP contribution in [0.25, 0.3) is 0 Å². The quantitative estimate of drug-likeness (QED) is 0.0838. The van der Waals surface area contributed by atoms with Crippen LogP contribution in [0.15, 0.2) is 0 Å². The van der Waals surface area contributed by atoms with Crippen molar-refractivity contribution in [2.24, 2.45) is 0 Å². The molecule has 0 nitrogen and oxygen atoms in total. The molecule has 0 heterocycles. The van der Waals surface area contributed by atoms with Crippen LogP contribution in [-0.2, 0) is 0 Å². The van der Waals surface area contributed by atoms with E-state index in [0.29, 0.717) is 0 Å². The van der Waals surface area contributed by atoms with Crippen LogP contribution >= 0.6 is 0 Å². The molecule has 0 saturated carbocycles. The summed E-state index contributed by atoms with van der Waals surface area (Å²) in [6.45, 7) is 7.02. The van der Waals surface area contributed by atoms with Gasteiger partial charge in [-0.1, -0.05) is 0 Å². The second-order valence-corrected chi connectivity index (χ2v) is 19.8. The summed E-state index contributed by atoms with van der Waals surface area (Å²) in [6, 6.07) is 0. The van der Waals surface area contributed by atoms with E-state index >= 15 is 0 Å². The van der Waals surface area contributed by atoms with Crippen molar-refractivity contribution in [1.29, 1.82) is 0 Å². The first-order valence-electron chi connectivity index (χ1n) is 14.3. The Morgan fingerprint density at radius 1 is 0.276 bits per heavy atom. The van der Waals surface area contributed by atoms with Crippen molar-refractivity contribution in [3.8, 4) is 0 Å². The molecule has 0 aliphatic rings. The van der Waals surface area contributed by atoms with Gasteiger partial charge in [-0.2, -0.15) is 0 Å². The number of unbranched alkanes of at least 4 members (excludes halogenated alkanes) is 19. The molecular weight excluding hydrogens is 455 g/mol. The third kappa shape index (κ3) is 24.9. The Morgan fingerprint density at radius 3 is 0.828 bits per heavy atom. The molecule has 0 atom stereocenters. The minimum atomic E-state index is -1.15. The second kappa shape index (κ2) is 26.8. The summed E-state index contributed by atoms with van der Waals surface area (Å²) in [5.41, 5.74) is 0. The Kier molecular flexibility index (Phi) is 27.6. The van der Waals surface area contributed by atoms with Crippen LogP contribution < -0.4 is 0 Å². The zero-order chi connectivity index (χ0) is 21.3. The SMILES string of the molecule is CCCCCCCCCCC[CH2][SnH]([CH2]CCC)[CH2]CCCCCCCCCCC. The maximum absolute atomic E-state index is 2.39. The summed E-state index contributed by atoms with van der Waals surface area (Å²) in [6.07, 6.45) is 32.9. The van der Waals surface area contributed by atoms with Gasteiger partial charge in [0.1, 0.15) is 0 Å². The van der Waals surface area contributed by atoms with Crippen molar-refractivity contribution >= 4 is 19.8 Å². The summed E-state index contributed by atoms with van der Waals surface area (Å²) >= 11 is -1.15. The second-order valence-electron chi connectivity index (χ2n) is 9.95. The van der Waals surface area contributed by atoms with Crippen LogP contribution in [0.5, 0.6) is 0 Å². The minimum absolute atomic E-state index is 1.15. The molecule has 0 aliphatic carbocycles. The topological polar surface area (TPSA) is 0 Å². The average Bonchev–Trinajstić information content (AvgIpc) is 2.74. The molecule has 0 aromatic rings. The fraction of sp³-hybridized carbons (Fsp3) is 1.00. The zero-order valence-electron chi connectivity index (χ0n) is 21.3. The van der Waals surface area contributed by atoms with Gasteiger partial charge in [0.2, 0.25) is 0 Å². The number of rotatable bonds is 25. The third-order valence-corrected chi connectivity index (χ3v) is 17.4. The predicted molar refractivity (Wildman–Crippen MR) is 140 cm³/mol. The van der Waals surface area contributed by atoms with Gasteiger partial charge in [0.15, 0.2) is 0 Å². The molecule has 0 amide bonds. The van der Waals surface area contributed by atoms with Gasteiger partial charge < -0.3 is 0 Å². The van der Waals surface area contributed by atoms with Gasteiger partial charge in [-0.3, -0.25) is 0 Å². The summed E-state index contributed by atoms with van der Waals surface area (Å²) in [4.78, 5) is 0. The summed E-state index contributed by atoms with van der Waals surface area (Å²) in [5, 5.41) is 0. The molecule has 0 aromatic heterocycles. The molecular formula is C28H60Sn. The normalized spacial score (nSPS) is 11.6. The van der Waals surface area contributed by atoms with Gasteiger partial charge in [-0.25, -0.2) is 0 Å². The molecule has 0 N–H and O–H groups in total. The van der Waals surface area contributed by atoms with Gasteiger partial charge >= 0.3 is 195 Å². The summed E-state index contributed by atoms with van der Waals surface area (Å²) in [5.74, 6) is 0. The van der Waals surface area contributed by atoms with E-state index < -0.39 is 19.8 Å². The van der Waals surface area contributed by atoms with Crippen LogP contribution in [-0.4, -0.2) is 19.8 Å². The summed E-state index contributed by atoms with van der Waals surface area (Å²) in [7, 11) is 0. The molecule has 29 heavy (non-hydrogen) atoms. The Hall–Kier alpha value is 0.799. The molecule has 0 radical (unpaired) electrons. The fourth-order valence-corrected chi connectivity index (χ4v) is 15.0. The third-order valence-electron chi connectivity index (χ3n) is 6.90. The molecule has 0 aromatic carbocycles. The molecule has 0 fully saturated rings. The van der Waals surface area contributed by atoms with E-state index in [4.69, 9.17) is 0 Å². The van der Waals surface area contributed by atoms with E-state index in [9.17, 15) is 0 Å². The summed E-state index contributed by atoms with van der Waals surface area (Å²) < 4.78 is 5.18. The van der Waals surface area contributed by atoms with E-state index in [1.807, 2.05) is 0 Å². The first kappa shape index (κ1) is 29.8. The van der Waals surface area contributed by atoms with Crippen molar-refractivity contribution < 1.29 is 0 Å². The van der Waals surface area contributed by atoms with Gasteiger partial charge in [0.05, 0.1) is 0 Å². The number of hydrogen-bond acceptors (Lipinski definition) is 0. The molecule has 1 heteroatoms. The molecule has 0 spiro atoms. The average molecular weight is 515 g/mol. The van der Waals surface area contributed by atoms with Crippen LogP contribution in [0, 0.1) is 0 Å². The standard InChI is InChI=1S/2C12H25.C4H9.Sn.H/c2*1-3-5-7-9-11-12-10-8-6-4-2;1-3-4-2;;/h2*1,3-12H2,2H3;1,3-4H2,2H3;;. The fourth-order valence-electron chi connectivity index (χ4n) is 4.77. The van der Waals surface area contributed by atoms with E-state index in [0.717, 1.165) is 0 Å². The van der Waals surface area contributed by atoms with Crippen molar-refractivity contribution in [3.05, 3.63) is 0 Å².